The van der Waals surface area contributed by atoms with Gasteiger partial charge in [0.2, 0.25) is 0 Å². The van der Waals surface area contributed by atoms with Gasteiger partial charge in [0.25, 0.3) is 0 Å². The fraction of sp³-hybridized carbons (Fsp3) is 0.524. The Kier molecular flexibility index (Phi) is 3.20. The van der Waals surface area contributed by atoms with Gasteiger partial charge in [-0.05, 0) is 45.4 Å². The third-order valence-corrected chi connectivity index (χ3v) is 5.03. The average molecular weight is 280 g/mol. The molecule has 2 aliphatic rings. The SMILES string of the molecule is CC(C)(C)C1=CC2Cc3cc(C(C)(C)C)ccc3C2C=C1. The predicted octanol–water partition coefficient (Wildman–Crippen LogP) is 5.78. The molecule has 0 nitrogen and oxygen atoms in total. The first kappa shape index (κ1) is 14.6. The van der Waals surface area contributed by atoms with E-state index in [4.69, 9.17) is 0 Å². The molecule has 0 bridgehead atoms. The minimum Gasteiger partial charge on any atom is -0.0764 e. The molecule has 112 valence electrons. The van der Waals surface area contributed by atoms with Gasteiger partial charge < -0.3 is 0 Å². The lowest BCUT2D eigenvalue weighted by Crippen LogP contribution is -2.15. The fourth-order valence-electron chi connectivity index (χ4n) is 3.59. The molecule has 0 aromatic heterocycles. The van der Waals surface area contributed by atoms with Gasteiger partial charge in [-0.15, -0.1) is 0 Å². The van der Waals surface area contributed by atoms with Crippen LogP contribution in [0.5, 0.6) is 0 Å². The Morgan fingerprint density at radius 2 is 1.67 bits per heavy atom. The minimum absolute atomic E-state index is 0.241. The monoisotopic (exact) mass is 280 g/mol. The predicted molar refractivity (Wildman–Crippen MR) is 91.8 cm³/mol. The van der Waals surface area contributed by atoms with Crippen LogP contribution in [-0.2, 0) is 11.8 Å². The largest absolute Gasteiger partial charge is 0.0764 e. The number of hydrogen-bond donors (Lipinski definition) is 0. The summed E-state index contributed by atoms with van der Waals surface area (Å²) in [5.74, 6) is 1.26. The van der Waals surface area contributed by atoms with Crippen molar-refractivity contribution in [2.24, 2.45) is 11.3 Å². The van der Waals surface area contributed by atoms with Gasteiger partial charge in [0, 0.05) is 5.92 Å². The summed E-state index contributed by atoms with van der Waals surface area (Å²) in [6.07, 6.45) is 8.52. The maximum atomic E-state index is 2.53. The van der Waals surface area contributed by atoms with Crippen molar-refractivity contribution in [2.75, 3.05) is 0 Å². The zero-order chi connectivity index (χ0) is 15.4. The number of rotatable bonds is 0. The highest BCUT2D eigenvalue weighted by molar-refractivity contribution is 5.48. The second-order valence-electron chi connectivity index (χ2n) is 8.79. The molecule has 0 radical (unpaired) electrons. The quantitative estimate of drug-likeness (QED) is 0.565. The molecule has 0 saturated carbocycles. The Labute approximate surface area is 130 Å². The van der Waals surface area contributed by atoms with Crippen molar-refractivity contribution in [1.29, 1.82) is 0 Å². The van der Waals surface area contributed by atoms with Crippen molar-refractivity contribution in [1.82, 2.24) is 0 Å². The van der Waals surface area contributed by atoms with Gasteiger partial charge in [-0.2, -0.15) is 0 Å². The smallest absolute Gasteiger partial charge is 0.00901 e. The first-order valence-corrected chi connectivity index (χ1v) is 8.20. The van der Waals surface area contributed by atoms with Gasteiger partial charge in [-0.25, -0.2) is 0 Å². The van der Waals surface area contributed by atoms with Crippen molar-refractivity contribution in [2.45, 2.75) is 59.3 Å². The van der Waals surface area contributed by atoms with E-state index in [-0.39, 0.29) is 10.8 Å². The van der Waals surface area contributed by atoms with E-state index in [0.717, 1.165) is 0 Å². The van der Waals surface area contributed by atoms with Crippen molar-refractivity contribution in [3.8, 4) is 0 Å². The van der Waals surface area contributed by atoms with Gasteiger partial charge in [-0.1, -0.05) is 78.0 Å². The summed E-state index contributed by atoms with van der Waals surface area (Å²) in [4.78, 5) is 0. The molecule has 2 unspecified atom stereocenters. The second-order valence-corrected chi connectivity index (χ2v) is 8.79. The highest BCUT2D eigenvalue weighted by atomic mass is 14.4. The molecule has 0 fully saturated rings. The van der Waals surface area contributed by atoms with Crippen molar-refractivity contribution in [3.63, 3.8) is 0 Å². The summed E-state index contributed by atoms with van der Waals surface area (Å²) in [5, 5.41) is 0. The maximum absolute atomic E-state index is 2.53. The van der Waals surface area contributed by atoms with E-state index in [0.29, 0.717) is 11.8 Å². The highest BCUT2D eigenvalue weighted by Gasteiger charge is 2.33. The van der Waals surface area contributed by atoms with E-state index in [2.05, 4.69) is 78.0 Å². The summed E-state index contributed by atoms with van der Waals surface area (Å²) in [5.41, 5.74) is 6.57. The Bertz CT molecular complexity index is 614. The zero-order valence-corrected chi connectivity index (χ0v) is 14.3. The van der Waals surface area contributed by atoms with Crippen LogP contribution in [-0.4, -0.2) is 0 Å². The van der Waals surface area contributed by atoms with E-state index in [1.54, 1.807) is 11.1 Å². The summed E-state index contributed by atoms with van der Waals surface area (Å²) < 4.78 is 0. The normalized spacial score (nSPS) is 24.6. The lowest BCUT2D eigenvalue weighted by molar-refractivity contribution is 0.496. The van der Waals surface area contributed by atoms with E-state index in [9.17, 15) is 0 Å². The second kappa shape index (κ2) is 4.60. The number of fused-ring (bicyclic) bond motifs is 3. The van der Waals surface area contributed by atoms with Gasteiger partial charge in [0.1, 0.15) is 0 Å². The summed E-state index contributed by atoms with van der Waals surface area (Å²) in [7, 11) is 0. The first-order valence-electron chi connectivity index (χ1n) is 8.20. The minimum atomic E-state index is 0.241. The molecule has 1 aromatic carbocycles. The average Bonchev–Trinajstić information content (AvgIpc) is 2.73. The molecule has 0 spiro atoms. The van der Waals surface area contributed by atoms with Crippen LogP contribution in [0, 0.1) is 11.3 Å². The molecular formula is C21H28. The standard InChI is InChI=1S/C21H28/c1-20(2,3)16-7-9-18-14(12-16)11-15-13-17(21(4,5)6)8-10-19(15)18/h7-10,12-14,18H,11H2,1-6H3. The Morgan fingerprint density at radius 3 is 2.29 bits per heavy atom. The van der Waals surface area contributed by atoms with Gasteiger partial charge in [0.15, 0.2) is 0 Å². The number of allylic oxidation sites excluding steroid dienone is 4. The molecule has 0 amide bonds. The summed E-state index contributed by atoms with van der Waals surface area (Å²) in [6, 6.07) is 7.16. The Hall–Kier alpha value is -1.30. The van der Waals surface area contributed by atoms with E-state index >= 15 is 0 Å². The molecule has 21 heavy (non-hydrogen) atoms. The highest BCUT2D eigenvalue weighted by Crippen LogP contribution is 2.45. The number of hydrogen-bond acceptors (Lipinski definition) is 0. The van der Waals surface area contributed by atoms with Crippen molar-refractivity contribution in [3.05, 3.63) is 58.7 Å². The van der Waals surface area contributed by atoms with Crippen LogP contribution < -0.4 is 0 Å². The fourth-order valence-corrected chi connectivity index (χ4v) is 3.59. The molecule has 0 aliphatic heterocycles. The molecular weight excluding hydrogens is 252 g/mol. The molecule has 2 atom stereocenters. The molecule has 3 rings (SSSR count). The van der Waals surface area contributed by atoms with Crippen LogP contribution in [0.3, 0.4) is 0 Å². The van der Waals surface area contributed by atoms with Gasteiger partial charge >= 0.3 is 0 Å². The lowest BCUT2D eigenvalue weighted by Gasteiger charge is -2.27. The maximum Gasteiger partial charge on any atom is 0.00901 e. The topological polar surface area (TPSA) is 0 Å². The van der Waals surface area contributed by atoms with E-state index in [1.165, 1.54) is 17.6 Å². The van der Waals surface area contributed by atoms with Crippen LogP contribution in [0.2, 0.25) is 0 Å². The summed E-state index contributed by atoms with van der Waals surface area (Å²) >= 11 is 0. The molecule has 1 aromatic rings. The molecule has 0 saturated heterocycles. The Morgan fingerprint density at radius 1 is 0.952 bits per heavy atom. The van der Waals surface area contributed by atoms with Crippen molar-refractivity contribution < 1.29 is 0 Å². The van der Waals surface area contributed by atoms with Crippen LogP contribution in [0.15, 0.2) is 42.0 Å². The van der Waals surface area contributed by atoms with E-state index in [1.807, 2.05) is 0 Å². The van der Waals surface area contributed by atoms with Crippen LogP contribution in [0.25, 0.3) is 0 Å². The van der Waals surface area contributed by atoms with Crippen LogP contribution in [0.4, 0.5) is 0 Å². The van der Waals surface area contributed by atoms with Gasteiger partial charge in [-0.3, -0.25) is 0 Å². The van der Waals surface area contributed by atoms with E-state index < -0.39 is 0 Å². The molecule has 0 heterocycles. The van der Waals surface area contributed by atoms with Crippen LogP contribution in [0.1, 0.15) is 64.2 Å². The molecule has 0 heteroatoms. The zero-order valence-electron chi connectivity index (χ0n) is 14.3. The third-order valence-electron chi connectivity index (χ3n) is 5.03. The van der Waals surface area contributed by atoms with Gasteiger partial charge in [0.05, 0.1) is 0 Å². The van der Waals surface area contributed by atoms with Crippen LogP contribution >= 0.6 is 0 Å². The first-order chi connectivity index (χ1) is 9.66. The molecule has 2 aliphatic carbocycles. The molecule has 0 N–H and O–H groups in total. The van der Waals surface area contributed by atoms with Crippen molar-refractivity contribution >= 4 is 0 Å². The Balaban J connectivity index is 1.95. The lowest BCUT2D eigenvalue weighted by atomic mass is 9.77. The summed E-state index contributed by atoms with van der Waals surface area (Å²) in [6.45, 7) is 13.8. The number of benzene rings is 1. The third kappa shape index (κ3) is 2.61.